The molecule has 1 aliphatic rings. The summed E-state index contributed by atoms with van der Waals surface area (Å²) >= 11 is 12.2. The molecule has 126 valence electrons. The number of piperazine rings is 1. The first kappa shape index (κ1) is 16.9. The third kappa shape index (κ3) is 4.10. The Kier molecular flexibility index (Phi) is 5.43. The van der Waals surface area contributed by atoms with Gasteiger partial charge in [0, 0.05) is 50.1 Å². The summed E-state index contributed by atoms with van der Waals surface area (Å²) in [6, 6.07) is 9.22. The second kappa shape index (κ2) is 7.73. The topological polar surface area (TPSA) is 48.5 Å². The van der Waals surface area contributed by atoms with Crippen LogP contribution in [0.15, 0.2) is 42.7 Å². The Labute approximate surface area is 151 Å². The van der Waals surface area contributed by atoms with E-state index in [0.29, 0.717) is 29.7 Å². The molecule has 0 saturated carbocycles. The van der Waals surface area contributed by atoms with Gasteiger partial charge in [-0.1, -0.05) is 23.2 Å². The van der Waals surface area contributed by atoms with Crippen molar-refractivity contribution in [2.75, 3.05) is 31.1 Å². The molecule has 0 aliphatic carbocycles. The molecule has 5 nitrogen and oxygen atoms in total. The van der Waals surface area contributed by atoms with E-state index >= 15 is 0 Å². The molecule has 1 saturated heterocycles. The number of carbonyl (C=O) groups is 1. The van der Waals surface area contributed by atoms with Crippen molar-refractivity contribution in [3.63, 3.8) is 0 Å². The van der Waals surface area contributed by atoms with Crippen LogP contribution in [0.4, 0.5) is 10.5 Å². The number of hydrogen-bond donors (Lipinski definition) is 1. The molecule has 1 aromatic carbocycles. The van der Waals surface area contributed by atoms with Gasteiger partial charge in [-0.25, -0.2) is 4.79 Å². The van der Waals surface area contributed by atoms with E-state index in [1.165, 1.54) is 0 Å². The molecular weight excluding hydrogens is 347 g/mol. The van der Waals surface area contributed by atoms with Crippen molar-refractivity contribution in [3.8, 4) is 0 Å². The van der Waals surface area contributed by atoms with Crippen LogP contribution in [0.3, 0.4) is 0 Å². The van der Waals surface area contributed by atoms with E-state index < -0.39 is 0 Å². The van der Waals surface area contributed by atoms with Crippen molar-refractivity contribution in [1.82, 2.24) is 15.2 Å². The zero-order valence-corrected chi connectivity index (χ0v) is 14.6. The van der Waals surface area contributed by atoms with E-state index in [2.05, 4.69) is 15.2 Å². The molecule has 1 aliphatic heterocycles. The minimum absolute atomic E-state index is 0.0475. The molecular formula is C17H18Cl2N4O. The summed E-state index contributed by atoms with van der Waals surface area (Å²) in [4.78, 5) is 20.2. The maximum absolute atomic E-state index is 12.3. The van der Waals surface area contributed by atoms with E-state index in [4.69, 9.17) is 23.2 Å². The predicted octanol–water partition coefficient (Wildman–Crippen LogP) is 3.42. The maximum atomic E-state index is 12.3. The highest BCUT2D eigenvalue weighted by atomic mass is 35.5. The minimum Gasteiger partial charge on any atom is -0.367 e. The number of nitrogens with zero attached hydrogens (tertiary/aromatic N) is 3. The monoisotopic (exact) mass is 364 g/mol. The van der Waals surface area contributed by atoms with Gasteiger partial charge in [-0.2, -0.15) is 0 Å². The van der Waals surface area contributed by atoms with Gasteiger partial charge in [0.15, 0.2) is 0 Å². The van der Waals surface area contributed by atoms with Crippen molar-refractivity contribution >= 4 is 34.9 Å². The third-order valence-corrected chi connectivity index (χ3v) is 4.55. The van der Waals surface area contributed by atoms with E-state index in [9.17, 15) is 4.79 Å². The fourth-order valence-electron chi connectivity index (χ4n) is 2.68. The van der Waals surface area contributed by atoms with Gasteiger partial charge in [0.2, 0.25) is 0 Å². The van der Waals surface area contributed by atoms with E-state index in [1.807, 2.05) is 29.2 Å². The summed E-state index contributed by atoms with van der Waals surface area (Å²) in [5.41, 5.74) is 1.99. The molecule has 24 heavy (non-hydrogen) atoms. The maximum Gasteiger partial charge on any atom is 0.317 e. The van der Waals surface area contributed by atoms with Crippen LogP contribution in [0.2, 0.25) is 10.0 Å². The van der Waals surface area contributed by atoms with E-state index in [1.54, 1.807) is 18.5 Å². The zero-order valence-electron chi connectivity index (χ0n) is 13.1. The Morgan fingerprint density at radius 2 is 1.79 bits per heavy atom. The molecule has 1 aromatic heterocycles. The molecule has 0 spiro atoms. The summed E-state index contributed by atoms with van der Waals surface area (Å²) in [6.07, 6.45) is 3.44. The summed E-state index contributed by atoms with van der Waals surface area (Å²) < 4.78 is 0. The first-order valence-corrected chi connectivity index (χ1v) is 8.51. The van der Waals surface area contributed by atoms with Crippen LogP contribution in [-0.4, -0.2) is 42.1 Å². The van der Waals surface area contributed by atoms with Crippen molar-refractivity contribution in [2.24, 2.45) is 0 Å². The number of anilines is 1. The van der Waals surface area contributed by atoms with Gasteiger partial charge in [0.25, 0.3) is 0 Å². The molecule has 2 aromatic rings. The largest absolute Gasteiger partial charge is 0.367 e. The van der Waals surface area contributed by atoms with E-state index in [-0.39, 0.29) is 6.03 Å². The van der Waals surface area contributed by atoms with Gasteiger partial charge < -0.3 is 15.1 Å². The number of pyridine rings is 1. The second-order valence-corrected chi connectivity index (χ2v) is 6.43. The number of aromatic nitrogens is 1. The Morgan fingerprint density at radius 3 is 2.46 bits per heavy atom. The van der Waals surface area contributed by atoms with Crippen molar-refractivity contribution in [1.29, 1.82) is 0 Å². The average molecular weight is 365 g/mol. The van der Waals surface area contributed by atoms with Gasteiger partial charge in [-0.15, -0.1) is 0 Å². The Hall–Kier alpha value is -1.98. The lowest BCUT2D eigenvalue weighted by Gasteiger charge is -2.36. The molecule has 7 heteroatoms. The average Bonchev–Trinajstić information content (AvgIpc) is 2.61. The number of urea groups is 1. The summed E-state index contributed by atoms with van der Waals surface area (Å²) in [5, 5.41) is 4.20. The highest BCUT2D eigenvalue weighted by Gasteiger charge is 2.22. The number of carbonyl (C=O) groups excluding carboxylic acids is 1. The number of nitrogens with one attached hydrogen (secondary N) is 1. The van der Waals surface area contributed by atoms with E-state index in [0.717, 1.165) is 24.3 Å². The minimum atomic E-state index is -0.0475. The number of benzene rings is 1. The summed E-state index contributed by atoms with van der Waals surface area (Å²) in [7, 11) is 0. The molecule has 0 atom stereocenters. The van der Waals surface area contributed by atoms with Gasteiger partial charge in [-0.05, 0) is 35.9 Å². The molecule has 2 heterocycles. The van der Waals surface area contributed by atoms with Crippen LogP contribution < -0.4 is 10.2 Å². The lowest BCUT2D eigenvalue weighted by Crippen LogP contribution is -2.51. The molecule has 0 unspecified atom stereocenters. The fraction of sp³-hybridized carbons (Fsp3) is 0.294. The quantitative estimate of drug-likeness (QED) is 0.907. The SMILES string of the molecule is O=C(NCc1ccncc1)N1CCN(c2ccc(Cl)cc2Cl)CC1. The number of hydrogen-bond acceptors (Lipinski definition) is 3. The van der Waals surface area contributed by atoms with Gasteiger partial charge in [0.05, 0.1) is 10.7 Å². The first-order chi connectivity index (χ1) is 11.6. The highest BCUT2D eigenvalue weighted by Crippen LogP contribution is 2.29. The van der Waals surface area contributed by atoms with Crippen molar-refractivity contribution in [3.05, 3.63) is 58.3 Å². The molecule has 3 rings (SSSR count). The standard InChI is InChI=1S/C17H18Cl2N4O/c18-14-1-2-16(15(19)11-14)22-7-9-23(10-8-22)17(24)21-12-13-3-5-20-6-4-13/h1-6,11H,7-10,12H2,(H,21,24). The predicted molar refractivity (Wildman–Crippen MR) is 96.7 cm³/mol. The number of rotatable bonds is 3. The lowest BCUT2D eigenvalue weighted by molar-refractivity contribution is 0.194. The number of halogens is 2. The fourth-order valence-corrected chi connectivity index (χ4v) is 3.21. The highest BCUT2D eigenvalue weighted by molar-refractivity contribution is 6.36. The van der Waals surface area contributed by atoms with Crippen LogP contribution in [0.1, 0.15) is 5.56 Å². The lowest BCUT2D eigenvalue weighted by atomic mass is 10.2. The van der Waals surface area contributed by atoms with Gasteiger partial charge >= 0.3 is 6.03 Å². The zero-order chi connectivity index (χ0) is 16.9. The van der Waals surface area contributed by atoms with Crippen LogP contribution in [0, 0.1) is 0 Å². The summed E-state index contributed by atoms with van der Waals surface area (Å²) in [5.74, 6) is 0. The Bertz CT molecular complexity index is 703. The molecule has 1 N–H and O–H groups in total. The van der Waals surface area contributed by atoms with Crippen molar-refractivity contribution < 1.29 is 4.79 Å². The van der Waals surface area contributed by atoms with Crippen LogP contribution in [0.25, 0.3) is 0 Å². The molecule has 1 fully saturated rings. The van der Waals surface area contributed by atoms with Gasteiger partial charge in [0.1, 0.15) is 0 Å². The molecule has 0 radical (unpaired) electrons. The van der Waals surface area contributed by atoms with Crippen LogP contribution in [0.5, 0.6) is 0 Å². The Morgan fingerprint density at radius 1 is 1.08 bits per heavy atom. The normalized spacial score (nSPS) is 14.6. The second-order valence-electron chi connectivity index (χ2n) is 5.58. The van der Waals surface area contributed by atoms with Crippen LogP contribution in [-0.2, 0) is 6.54 Å². The number of amides is 2. The molecule has 2 amide bonds. The molecule has 0 bridgehead atoms. The van der Waals surface area contributed by atoms with Crippen LogP contribution >= 0.6 is 23.2 Å². The Balaban J connectivity index is 1.52. The first-order valence-electron chi connectivity index (χ1n) is 7.75. The van der Waals surface area contributed by atoms with Gasteiger partial charge in [-0.3, -0.25) is 4.98 Å². The van der Waals surface area contributed by atoms with Crippen molar-refractivity contribution in [2.45, 2.75) is 6.54 Å². The summed E-state index contributed by atoms with van der Waals surface area (Å²) in [6.45, 7) is 3.29. The smallest absolute Gasteiger partial charge is 0.317 e. The third-order valence-electron chi connectivity index (χ3n) is 4.01.